The molecule has 0 aromatic heterocycles. The number of hydrogen-bond donors (Lipinski definition) is 2. The second kappa shape index (κ2) is 4.02. The van der Waals surface area contributed by atoms with E-state index in [1.807, 2.05) is 13.0 Å². The molecular weight excluding hydrogens is 210 g/mol. The van der Waals surface area contributed by atoms with Gasteiger partial charge < -0.3 is 20.3 Å². The van der Waals surface area contributed by atoms with E-state index in [0.717, 1.165) is 5.56 Å². The first kappa shape index (κ1) is 10.8. The SMILES string of the molecule is Cc1ccc2c(c1C(CN)C(=O)O)OCO2. The molecular formula is C11H13NO4. The molecule has 1 atom stereocenters. The number of fused-ring (bicyclic) bond motifs is 1. The largest absolute Gasteiger partial charge is 0.481 e. The highest BCUT2D eigenvalue weighted by atomic mass is 16.7. The van der Waals surface area contributed by atoms with Crippen LogP contribution in [0.15, 0.2) is 12.1 Å². The number of benzene rings is 1. The number of carbonyl (C=O) groups is 1. The average Bonchev–Trinajstić information content (AvgIpc) is 2.69. The fraction of sp³-hybridized carbons (Fsp3) is 0.364. The molecule has 5 heteroatoms. The summed E-state index contributed by atoms with van der Waals surface area (Å²) in [5, 5.41) is 9.11. The van der Waals surface area contributed by atoms with E-state index < -0.39 is 11.9 Å². The van der Waals surface area contributed by atoms with Gasteiger partial charge in [-0.15, -0.1) is 0 Å². The van der Waals surface area contributed by atoms with Crippen molar-refractivity contribution in [2.75, 3.05) is 13.3 Å². The van der Waals surface area contributed by atoms with E-state index in [2.05, 4.69) is 0 Å². The molecule has 0 spiro atoms. The van der Waals surface area contributed by atoms with E-state index in [1.165, 1.54) is 0 Å². The number of rotatable bonds is 3. The number of ether oxygens (including phenoxy) is 2. The minimum absolute atomic E-state index is 0.0377. The summed E-state index contributed by atoms with van der Waals surface area (Å²) in [6.45, 7) is 2.00. The molecule has 1 aliphatic rings. The van der Waals surface area contributed by atoms with Gasteiger partial charge >= 0.3 is 5.97 Å². The summed E-state index contributed by atoms with van der Waals surface area (Å²) >= 11 is 0. The van der Waals surface area contributed by atoms with E-state index >= 15 is 0 Å². The summed E-state index contributed by atoms with van der Waals surface area (Å²) in [4.78, 5) is 11.1. The maximum Gasteiger partial charge on any atom is 0.312 e. The van der Waals surface area contributed by atoms with Crippen LogP contribution in [0.5, 0.6) is 11.5 Å². The third-order valence-corrected chi connectivity index (χ3v) is 2.68. The van der Waals surface area contributed by atoms with E-state index in [4.69, 9.17) is 20.3 Å². The second-order valence-corrected chi connectivity index (χ2v) is 3.66. The van der Waals surface area contributed by atoms with Crippen LogP contribution in [0, 0.1) is 6.92 Å². The first-order valence-electron chi connectivity index (χ1n) is 4.97. The number of aliphatic carboxylic acids is 1. The Kier molecular flexibility index (Phi) is 2.70. The fourth-order valence-corrected chi connectivity index (χ4v) is 1.87. The number of carboxylic acid groups (broad SMARTS) is 1. The number of hydrogen-bond acceptors (Lipinski definition) is 4. The van der Waals surface area contributed by atoms with Gasteiger partial charge in [-0.3, -0.25) is 4.79 Å². The molecule has 0 radical (unpaired) electrons. The van der Waals surface area contributed by atoms with Crippen molar-refractivity contribution in [3.8, 4) is 11.5 Å². The van der Waals surface area contributed by atoms with Gasteiger partial charge in [0.2, 0.25) is 6.79 Å². The predicted molar refractivity (Wildman–Crippen MR) is 56.7 cm³/mol. The van der Waals surface area contributed by atoms with Gasteiger partial charge in [0, 0.05) is 12.1 Å². The van der Waals surface area contributed by atoms with E-state index in [9.17, 15) is 4.79 Å². The molecule has 16 heavy (non-hydrogen) atoms. The molecule has 1 heterocycles. The van der Waals surface area contributed by atoms with Crippen LogP contribution in [0.1, 0.15) is 17.0 Å². The van der Waals surface area contributed by atoms with Crippen LogP contribution >= 0.6 is 0 Å². The Hall–Kier alpha value is -1.75. The Morgan fingerprint density at radius 1 is 1.56 bits per heavy atom. The Morgan fingerprint density at radius 3 is 2.94 bits per heavy atom. The minimum Gasteiger partial charge on any atom is -0.481 e. The molecule has 1 aliphatic heterocycles. The first-order chi connectivity index (χ1) is 7.65. The summed E-state index contributed by atoms with van der Waals surface area (Å²) < 4.78 is 10.5. The van der Waals surface area contributed by atoms with E-state index in [-0.39, 0.29) is 13.3 Å². The molecule has 0 amide bonds. The van der Waals surface area contributed by atoms with Crippen molar-refractivity contribution in [1.29, 1.82) is 0 Å². The van der Waals surface area contributed by atoms with Gasteiger partial charge in [0.25, 0.3) is 0 Å². The molecule has 3 N–H and O–H groups in total. The van der Waals surface area contributed by atoms with Crippen molar-refractivity contribution in [1.82, 2.24) is 0 Å². The normalized spacial score (nSPS) is 14.9. The molecule has 0 fully saturated rings. The van der Waals surface area contributed by atoms with E-state index in [0.29, 0.717) is 17.1 Å². The Balaban J connectivity index is 2.54. The molecule has 1 unspecified atom stereocenters. The van der Waals surface area contributed by atoms with Gasteiger partial charge in [-0.05, 0) is 18.6 Å². The topological polar surface area (TPSA) is 81.8 Å². The summed E-state index contributed by atoms with van der Waals surface area (Å²) in [6.07, 6.45) is 0. The zero-order valence-electron chi connectivity index (χ0n) is 8.90. The fourth-order valence-electron chi connectivity index (χ4n) is 1.87. The van der Waals surface area contributed by atoms with Crippen molar-refractivity contribution >= 4 is 5.97 Å². The van der Waals surface area contributed by atoms with Crippen LogP contribution < -0.4 is 15.2 Å². The molecule has 1 aromatic carbocycles. The van der Waals surface area contributed by atoms with Crippen LogP contribution in [0.3, 0.4) is 0 Å². The number of aryl methyl sites for hydroxylation is 1. The highest BCUT2D eigenvalue weighted by Crippen LogP contribution is 2.40. The third kappa shape index (κ3) is 1.59. The molecule has 1 aromatic rings. The lowest BCUT2D eigenvalue weighted by Crippen LogP contribution is -2.22. The highest BCUT2D eigenvalue weighted by molar-refractivity contribution is 5.79. The van der Waals surface area contributed by atoms with Crippen molar-refractivity contribution in [3.05, 3.63) is 23.3 Å². The number of nitrogens with two attached hydrogens (primary N) is 1. The maximum absolute atomic E-state index is 11.1. The number of carboxylic acids is 1. The van der Waals surface area contributed by atoms with Gasteiger partial charge in [-0.1, -0.05) is 6.07 Å². The zero-order chi connectivity index (χ0) is 11.7. The van der Waals surface area contributed by atoms with Crippen LogP contribution in [-0.4, -0.2) is 24.4 Å². The first-order valence-corrected chi connectivity index (χ1v) is 4.97. The van der Waals surface area contributed by atoms with Crippen molar-refractivity contribution in [2.24, 2.45) is 5.73 Å². The lowest BCUT2D eigenvalue weighted by atomic mass is 9.93. The monoisotopic (exact) mass is 223 g/mol. The second-order valence-electron chi connectivity index (χ2n) is 3.66. The Morgan fingerprint density at radius 2 is 2.31 bits per heavy atom. The Bertz CT molecular complexity index is 430. The van der Waals surface area contributed by atoms with Gasteiger partial charge in [0.05, 0.1) is 5.92 Å². The molecule has 5 nitrogen and oxygen atoms in total. The molecule has 0 bridgehead atoms. The van der Waals surface area contributed by atoms with E-state index in [1.54, 1.807) is 6.07 Å². The summed E-state index contributed by atoms with van der Waals surface area (Å²) in [7, 11) is 0. The quantitative estimate of drug-likeness (QED) is 0.793. The van der Waals surface area contributed by atoms with Gasteiger partial charge in [0.15, 0.2) is 11.5 Å². The zero-order valence-corrected chi connectivity index (χ0v) is 8.90. The Labute approximate surface area is 92.8 Å². The summed E-state index contributed by atoms with van der Waals surface area (Å²) in [5.74, 6) is -0.607. The van der Waals surface area contributed by atoms with Gasteiger partial charge in [0.1, 0.15) is 0 Å². The van der Waals surface area contributed by atoms with Crippen molar-refractivity contribution in [2.45, 2.75) is 12.8 Å². The van der Waals surface area contributed by atoms with Crippen molar-refractivity contribution < 1.29 is 19.4 Å². The molecule has 0 saturated carbocycles. The summed E-state index contributed by atoms with van der Waals surface area (Å²) in [6, 6.07) is 3.59. The molecule has 0 saturated heterocycles. The summed E-state index contributed by atoms with van der Waals surface area (Å²) in [5.41, 5.74) is 6.96. The lowest BCUT2D eigenvalue weighted by molar-refractivity contribution is -0.138. The average molecular weight is 223 g/mol. The smallest absolute Gasteiger partial charge is 0.312 e. The third-order valence-electron chi connectivity index (χ3n) is 2.68. The maximum atomic E-state index is 11.1. The molecule has 2 rings (SSSR count). The van der Waals surface area contributed by atoms with Crippen LogP contribution in [0.4, 0.5) is 0 Å². The molecule has 0 aliphatic carbocycles. The lowest BCUT2D eigenvalue weighted by Gasteiger charge is -2.15. The van der Waals surface area contributed by atoms with Crippen LogP contribution in [0.2, 0.25) is 0 Å². The standard InChI is InChI=1S/C11H13NO4/c1-6-2-3-8-10(16-5-15-8)9(6)7(4-12)11(13)14/h2-3,7H,4-5,12H2,1H3,(H,13,14). The van der Waals surface area contributed by atoms with Crippen LogP contribution in [-0.2, 0) is 4.79 Å². The highest BCUT2D eigenvalue weighted by Gasteiger charge is 2.28. The molecule has 86 valence electrons. The van der Waals surface area contributed by atoms with Crippen molar-refractivity contribution in [3.63, 3.8) is 0 Å². The predicted octanol–water partition coefficient (Wildman–Crippen LogP) is 0.851. The van der Waals surface area contributed by atoms with Gasteiger partial charge in [-0.25, -0.2) is 0 Å². The van der Waals surface area contributed by atoms with Crippen LogP contribution in [0.25, 0.3) is 0 Å². The van der Waals surface area contributed by atoms with Gasteiger partial charge in [-0.2, -0.15) is 0 Å². The minimum atomic E-state index is -0.950.